The molecule has 0 bridgehead atoms. The van der Waals surface area contributed by atoms with Gasteiger partial charge in [-0.25, -0.2) is 4.39 Å². The first-order valence-electron chi connectivity index (χ1n) is 8.88. The van der Waals surface area contributed by atoms with Crippen LogP contribution in [0.15, 0.2) is 48.8 Å². The number of nitrogens with zero attached hydrogens (tertiary/aromatic N) is 2. The second-order valence-corrected chi connectivity index (χ2v) is 7.26. The summed E-state index contributed by atoms with van der Waals surface area (Å²) in [4.78, 5) is 18.6. The number of likely N-dealkylation sites (tertiary alicyclic amines) is 1. The van der Waals surface area contributed by atoms with Crippen molar-refractivity contribution in [1.29, 1.82) is 0 Å². The molecule has 1 aromatic heterocycles. The molecule has 0 spiro atoms. The maximum Gasteiger partial charge on any atom is 0.252 e. The summed E-state index contributed by atoms with van der Waals surface area (Å²) in [5, 5.41) is 3.04. The van der Waals surface area contributed by atoms with Crippen LogP contribution in [0.1, 0.15) is 15.9 Å². The number of hydrogen-bond acceptors (Lipinski definition) is 4. The van der Waals surface area contributed by atoms with Crippen LogP contribution < -0.4 is 5.32 Å². The van der Waals surface area contributed by atoms with E-state index >= 15 is 0 Å². The number of benzene rings is 1. The van der Waals surface area contributed by atoms with Gasteiger partial charge in [-0.1, -0.05) is 18.2 Å². The highest BCUT2D eigenvalue weighted by molar-refractivity contribution is 5.93. The van der Waals surface area contributed by atoms with Crippen LogP contribution in [0.2, 0.25) is 0 Å². The zero-order valence-corrected chi connectivity index (χ0v) is 14.5. The van der Waals surface area contributed by atoms with E-state index in [1.807, 2.05) is 12.1 Å². The van der Waals surface area contributed by atoms with Gasteiger partial charge in [-0.2, -0.15) is 0 Å². The zero-order chi connectivity index (χ0) is 18.0. The molecule has 2 aliphatic heterocycles. The van der Waals surface area contributed by atoms with Crippen LogP contribution in [0.5, 0.6) is 0 Å². The topological polar surface area (TPSA) is 54.5 Å². The molecule has 0 unspecified atom stereocenters. The van der Waals surface area contributed by atoms with Crippen molar-refractivity contribution in [3.05, 3.63) is 65.7 Å². The van der Waals surface area contributed by atoms with Crippen LogP contribution >= 0.6 is 0 Å². The molecule has 26 heavy (non-hydrogen) atoms. The Morgan fingerprint density at radius 3 is 3.04 bits per heavy atom. The average molecular weight is 355 g/mol. The SMILES string of the molecule is O=C(NC[C@]12COC[C@H]1CN(Cc1ccccc1F)C2)c1cccnc1. The zero-order valence-electron chi connectivity index (χ0n) is 14.5. The third-order valence-corrected chi connectivity index (χ3v) is 5.47. The number of amides is 1. The second kappa shape index (κ2) is 7.13. The molecular formula is C20H22FN3O2. The van der Waals surface area contributed by atoms with Crippen molar-refractivity contribution in [3.63, 3.8) is 0 Å². The van der Waals surface area contributed by atoms with Gasteiger partial charge in [0.15, 0.2) is 0 Å². The fourth-order valence-electron chi connectivity index (χ4n) is 4.04. The maximum absolute atomic E-state index is 14.0. The lowest BCUT2D eigenvalue weighted by atomic mass is 9.81. The standard InChI is InChI=1S/C20H22FN3O2/c21-18-6-2-1-4-16(18)9-24-10-17-11-26-14-20(17,13-24)12-23-19(25)15-5-3-7-22-8-15/h1-8,17H,9-14H2,(H,23,25)/t17-,20+/m1/s1. The smallest absolute Gasteiger partial charge is 0.252 e. The molecule has 1 amide bonds. The van der Waals surface area contributed by atoms with Crippen molar-refractivity contribution in [1.82, 2.24) is 15.2 Å². The Bertz CT molecular complexity index is 786. The minimum absolute atomic E-state index is 0.108. The van der Waals surface area contributed by atoms with Crippen molar-refractivity contribution < 1.29 is 13.9 Å². The molecule has 2 fully saturated rings. The van der Waals surface area contributed by atoms with Crippen LogP contribution in [0.25, 0.3) is 0 Å². The van der Waals surface area contributed by atoms with E-state index in [4.69, 9.17) is 4.74 Å². The Labute approximate surface area is 152 Å². The van der Waals surface area contributed by atoms with E-state index in [-0.39, 0.29) is 17.1 Å². The monoisotopic (exact) mass is 355 g/mol. The van der Waals surface area contributed by atoms with Gasteiger partial charge in [-0.15, -0.1) is 0 Å². The highest BCUT2D eigenvalue weighted by atomic mass is 19.1. The Morgan fingerprint density at radius 2 is 2.23 bits per heavy atom. The number of ether oxygens (including phenoxy) is 1. The van der Waals surface area contributed by atoms with Gasteiger partial charge in [0, 0.05) is 55.5 Å². The molecule has 0 aliphatic carbocycles. The first-order valence-corrected chi connectivity index (χ1v) is 8.88. The van der Waals surface area contributed by atoms with Crippen LogP contribution in [-0.4, -0.2) is 48.6 Å². The predicted octanol–water partition coefficient (Wildman–Crippen LogP) is 2.10. The van der Waals surface area contributed by atoms with Gasteiger partial charge in [0.05, 0.1) is 18.8 Å². The number of fused-ring (bicyclic) bond motifs is 1. The Kier molecular flexibility index (Phi) is 4.70. The summed E-state index contributed by atoms with van der Waals surface area (Å²) in [6.45, 7) is 4.10. The fourth-order valence-corrected chi connectivity index (χ4v) is 4.04. The highest BCUT2D eigenvalue weighted by Crippen LogP contribution is 2.41. The summed E-state index contributed by atoms with van der Waals surface area (Å²) in [6, 6.07) is 10.4. The lowest BCUT2D eigenvalue weighted by molar-refractivity contribution is 0.0903. The van der Waals surface area contributed by atoms with E-state index in [0.717, 1.165) is 13.1 Å². The summed E-state index contributed by atoms with van der Waals surface area (Å²) >= 11 is 0. The molecule has 2 atom stereocenters. The third kappa shape index (κ3) is 3.34. The first-order chi connectivity index (χ1) is 12.7. The molecule has 2 aliphatic rings. The summed E-state index contributed by atoms with van der Waals surface area (Å²) in [6.07, 6.45) is 3.21. The quantitative estimate of drug-likeness (QED) is 0.892. The van der Waals surface area contributed by atoms with E-state index in [9.17, 15) is 9.18 Å². The van der Waals surface area contributed by atoms with Gasteiger partial charge in [0.25, 0.3) is 5.91 Å². The minimum Gasteiger partial charge on any atom is -0.380 e. The summed E-state index contributed by atoms with van der Waals surface area (Å²) < 4.78 is 19.7. The number of nitrogens with one attached hydrogen (secondary N) is 1. The number of carbonyl (C=O) groups excluding carboxylic acids is 1. The molecule has 2 saturated heterocycles. The molecule has 1 N–H and O–H groups in total. The molecule has 2 aromatic rings. The Morgan fingerprint density at radius 1 is 1.35 bits per heavy atom. The third-order valence-electron chi connectivity index (χ3n) is 5.47. The van der Waals surface area contributed by atoms with Crippen molar-refractivity contribution >= 4 is 5.91 Å². The van der Waals surface area contributed by atoms with Crippen LogP contribution in [-0.2, 0) is 11.3 Å². The van der Waals surface area contributed by atoms with E-state index in [2.05, 4.69) is 15.2 Å². The molecule has 136 valence electrons. The molecule has 0 saturated carbocycles. The van der Waals surface area contributed by atoms with E-state index in [0.29, 0.717) is 43.3 Å². The van der Waals surface area contributed by atoms with E-state index < -0.39 is 0 Å². The van der Waals surface area contributed by atoms with Gasteiger partial charge in [-0.05, 0) is 18.2 Å². The van der Waals surface area contributed by atoms with Crippen molar-refractivity contribution in [2.45, 2.75) is 6.54 Å². The van der Waals surface area contributed by atoms with Gasteiger partial charge in [0.1, 0.15) is 5.82 Å². The van der Waals surface area contributed by atoms with Crippen LogP contribution in [0.3, 0.4) is 0 Å². The predicted molar refractivity (Wildman–Crippen MR) is 95.0 cm³/mol. The van der Waals surface area contributed by atoms with E-state index in [1.165, 1.54) is 6.07 Å². The van der Waals surface area contributed by atoms with E-state index in [1.54, 1.807) is 30.6 Å². The van der Waals surface area contributed by atoms with Crippen LogP contribution in [0.4, 0.5) is 4.39 Å². The van der Waals surface area contributed by atoms with Crippen molar-refractivity contribution in [3.8, 4) is 0 Å². The molecule has 3 heterocycles. The highest BCUT2D eigenvalue weighted by Gasteiger charge is 2.50. The maximum atomic E-state index is 14.0. The number of rotatable bonds is 5. The number of hydrogen-bond donors (Lipinski definition) is 1. The number of carbonyl (C=O) groups is 1. The Balaban J connectivity index is 1.42. The molecular weight excluding hydrogens is 333 g/mol. The van der Waals surface area contributed by atoms with Gasteiger partial charge in [0.2, 0.25) is 0 Å². The molecule has 5 nitrogen and oxygen atoms in total. The summed E-state index contributed by atoms with van der Waals surface area (Å²) in [7, 11) is 0. The summed E-state index contributed by atoms with van der Waals surface area (Å²) in [5.74, 6) is 0.0638. The summed E-state index contributed by atoms with van der Waals surface area (Å²) in [5.41, 5.74) is 1.16. The van der Waals surface area contributed by atoms with Crippen molar-refractivity contribution in [2.75, 3.05) is 32.8 Å². The average Bonchev–Trinajstić information content (AvgIpc) is 3.19. The number of halogens is 1. The van der Waals surface area contributed by atoms with Crippen molar-refractivity contribution in [2.24, 2.45) is 11.3 Å². The number of pyridine rings is 1. The van der Waals surface area contributed by atoms with Gasteiger partial charge < -0.3 is 10.1 Å². The molecule has 6 heteroatoms. The molecule has 4 rings (SSSR count). The molecule has 0 radical (unpaired) electrons. The lowest BCUT2D eigenvalue weighted by Crippen LogP contribution is -2.43. The lowest BCUT2D eigenvalue weighted by Gasteiger charge is -2.27. The normalized spacial score (nSPS) is 25.2. The number of aromatic nitrogens is 1. The molecule has 1 aromatic carbocycles. The second-order valence-electron chi connectivity index (χ2n) is 7.26. The van der Waals surface area contributed by atoms with Crippen LogP contribution in [0, 0.1) is 17.2 Å². The largest absolute Gasteiger partial charge is 0.380 e. The first kappa shape index (κ1) is 17.1. The van der Waals surface area contributed by atoms with Gasteiger partial charge in [-0.3, -0.25) is 14.7 Å². The Hall–Kier alpha value is -2.31. The fraction of sp³-hybridized carbons (Fsp3) is 0.400. The van der Waals surface area contributed by atoms with Gasteiger partial charge >= 0.3 is 0 Å². The minimum atomic E-state index is -0.167.